The lowest BCUT2D eigenvalue weighted by atomic mass is 10.1. The van der Waals surface area contributed by atoms with Gasteiger partial charge in [-0.1, -0.05) is 40.0 Å². The van der Waals surface area contributed by atoms with Gasteiger partial charge < -0.3 is 26.6 Å². The second kappa shape index (κ2) is 12.8. The van der Waals surface area contributed by atoms with E-state index in [-0.39, 0.29) is 17.0 Å². The Morgan fingerprint density at radius 1 is 0.706 bits per heavy atom. The molecule has 1 N–H and O–H groups in total. The van der Waals surface area contributed by atoms with Crippen molar-refractivity contribution < 1.29 is 26.6 Å². The van der Waals surface area contributed by atoms with Crippen molar-refractivity contribution in [1.82, 2.24) is 0 Å². The zero-order valence-corrected chi connectivity index (χ0v) is 13.6. The van der Waals surface area contributed by atoms with Gasteiger partial charge in [0.2, 0.25) is 0 Å². The lowest BCUT2D eigenvalue weighted by molar-refractivity contribution is -0.929. The van der Waals surface area contributed by atoms with E-state index < -0.39 is 0 Å². The molecular weight excluding hydrogens is 278 g/mol. The largest absolute Gasteiger partial charge is 1.00 e. The highest BCUT2D eigenvalue weighted by Crippen LogP contribution is 2.14. The van der Waals surface area contributed by atoms with E-state index in [0.717, 1.165) is 11.0 Å². The highest BCUT2D eigenvalue weighted by atomic mass is 79.9. The molecule has 0 aromatic carbocycles. The molecule has 17 heavy (non-hydrogen) atoms. The maximum absolute atomic E-state index is 9.28. The molecule has 0 saturated carbocycles. The number of aliphatic hydroxyl groups excluding tert-OH is 1. The van der Waals surface area contributed by atoms with Gasteiger partial charge in [-0.2, -0.15) is 0 Å². The van der Waals surface area contributed by atoms with E-state index >= 15 is 0 Å². The van der Waals surface area contributed by atoms with Gasteiger partial charge in [-0.05, 0) is 19.3 Å². The van der Waals surface area contributed by atoms with Crippen molar-refractivity contribution in [3.63, 3.8) is 0 Å². The van der Waals surface area contributed by atoms with Gasteiger partial charge in [-0.25, -0.2) is 0 Å². The minimum atomic E-state index is 0. The Morgan fingerprint density at radius 2 is 1.06 bits per heavy atom. The number of halogens is 1. The van der Waals surface area contributed by atoms with Gasteiger partial charge in [-0.15, -0.1) is 0 Å². The Balaban J connectivity index is 0. The summed E-state index contributed by atoms with van der Waals surface area (Å²) in [6.45, 7) is 11.9. The number of rotatable bonds is 11. The summed E-state index contributed by atoms with van der Waals surface area (Å²) in [6, 6.07) is 0. The Hall–Kier alpha value is 0.400. The Morgan fingerprint density at radius 3 is 1.29 bits per heavy atom. The van der Waals surface area contributed by atoms with Crippen molar-refractivity contribution in [1.29, 1.82) is 0 Å². The highest BCUT2D eigenvalue weighted by Gasteiger charge is 2.24. The standard InChI is InChI=1S/C14H32NO.BrH/c1-4-7-10-15(13-14-16,11-8-5-2)12-9-6-3;/h16H,4-14H2,1-3H3;1H/q+1;/p-1. The second-order valence-corrected chi connectivity index (χ2v) is 5.02. The molecule has 3 heteroatoms. The maximum Gasteiger partial charge on any atom is 0.102 e. The molecule has 0 bridgehead atoms. The quantitative estimate of drug-likeness (QED) is 0.541. The molecule has 0 heterocycles. The van der Waals surface area contributed by atoms with Gasteiger partial charge in [0, 0.05) is 0 Å². The number of nitrogens with zero attached hydrogens (tertiary/aromatic N) is 1. The molecule has 0 aliphatic rings. The topological polar surface area (TPSA) is 20.2 Å². The van der Waals surface area contributed by atoms with Gasteiger partial charge in [0.25, 0.3) is 0 Å². The number of hydrogen-bond acceptors (Lipinski definition) is 1. The molecule has 0 atom stereocenters. The van der Waals surface area contributed by atoms with Gasteiger partial charge in [-0.3, -0.25) is 0 Å². The molecule has 0 rings (SSSR count). The first kappa shape index (κ1) is 19.7. The smallest absolute Gasteiger partial charge is 0.102 e. The predicted molar refractivity (Wildman–Crippen MR) is 71.5 cm³/mol. The van der Waals surface area contributed by atoms with Crippen molar-refractivity contribution in [2.24, 2.45) is 0 Å². The normalized spacial score (nSPS) is 11.3. The zero-order chi connectivity index (χ0) is 12.3. The van der Waals surface area contributed by atoms with Crippen LogP contribution in [0, 0.1) is 0 Å². The SMILES string of the molecule is CCCC[N+](CCO)(CCCC)CCCC.[Br-]. The summed E-state index contributed by atoms with van der Waals surface area (Å²) in [7, 11) is 0. The fourth-order valence-corrected chi connectivity index (χ4v) is 2.36. The summed E-state index contributed by atoms with van der Waals surface area (Å²) >= 11 is 0. The summed E-state index contributed by atoms with van der Waals surface area (Å²) in [4.78, 5) is 0. The van der Waals surface area contributed by atoms with Crippen LogP contribution in [-0.4, -0.2) is 42.4 Å². The molecule has 0 spiro atoms. The second-order valence-electron chi connectivity index (χ2n) is 5.02. The van der Waals surface area contributed by atoms with Crippen LogP contribution in [0.1, 0.15) is 59.3 Å². The Bertz CT molecular complexity index is 131. The van der Waals surface area contributed by atoms with Crippen LogP contribution in [0.15, 0.2) is 0 Å². The average molecular weight is 310 g/mol. The van der Waals surface area contributed by atoms with E-state index in [0.29, 0.717) is 6.61 Å². The van der Waals surface area contributed by atoms with Crippen LogP contribution in [0.4, 0.5) is 0 Å². The Kier molecular flexibility index (Phi) is 14.9. The molecule has 106 valence electrons. The lowest BCUT2D eigenvalue weighted by Crippen LogP contribution is -3.00. The van der Waals surface area contributed by atoms with E-state index in [1.54, 1.807) is 0 Å². The van der Waals surface area contributed by atoms with Gasteiger partial charge in [0.1, 0.15) is 6.54 Å². The van der Waals surface area contributed by atoms with Crippen LogP contribution in [0.25, 0.3) is 0 Å². The van der Waals surface area contributed by atoms with Crippen molar-refractivity contribution in [3.05, 3.63) is 0 Å². The summed E-state index contributed by atoms with van der Waals surface area (Å²) in [5, 5.41) is 9.28. The molecule has 0 aromatic rings. The van der Waals surface area contributed by atoms with E-state index in [2.05, 4.69) is 20.8 Å². The average Bonchev–Trinajstić information content (AvgIpc) is 2.31. The van der Waals surface area contributed by atoms with Crippen LogP contribution in [0.5, 0.6) is 0 Å². The van der Waals surface area contributed by atoms with Crippen molar-refractivity contribution in [2.45, 2.75) is 59.3 Å². The summed E-state index contributed by atoms with van der Waals surface area (Å²) in [5.74, 6) is 0. The van der Waals surface area contributed by atoms with E-state index in [9.17, 15) is 5.11 Å². The molecule has 0 aromatic heterocycles. The molecule has 0 unspecified atom stereocenters. The molecule has 0 aliphatic heterocycles. The summed E-state index contributed by atoms with van der Waals surface area (Å²) in [6.07, 6.45) is 7.70. The fourth-order valence-electron chi connectivity index (χ4n) is 2.36. The zero-order valence-electron chi connectivity index (χ0n) is 12.1. The molecule has 0 saturated heterocycles. The van der Waals surface area contributed by atoms with Gasteiger partial charge in [0.15, 0.2) is 0 Å². The fraction of sp³-hybridized carbons (Fsp3) is 1.00. The molecule has 0 aliphatic carbocycles. The number of unbranched alkanes of at least 4 members (excludes halogenated alkanes) is 3. The van der Waals surface area contributed by atoms with Crippen LogP contribution >= 0.6 is 0 Å². The molecule has 0 amide bonds. The van der Waals surface area contributed by atoms with Gasteiger partial charge >= 0.3 is 0 Å². The van der Waals surface area contributed by atoms with Crippen LogP contribution in [0.2, 0.25) is 0 Å². The summed E-state index contributed by atoms with van der Waals surface area (Å²) < 4.78 is 1.16. The van der Waals surface area contributed by atoms with Crippen LogP contribution in [-0.2, 0) is 0 Å². The molecular formula is C14H32BrNO. The summed E-state index contributed by atoms with van der Waals surface area (Å²) in [5.41, 5.74) is 0. The predicted octanol–water partition coefficient (Wildman–Crippen LogP) is 0.200. The maximum atomic E-state index is 9.28. The third-order valence-corrected chi connectivity index (χ3v) is 3.53. The van der Waals surface area contributed by atoms with E-state index in [1.165, 1.54) is 58.2 Å². The third kappa shape index (κ3) is 9.04. The van der Waals surface area contributed by atoms with Crippen molar-refractivity contribution in [3.8, 4) is 0 Å². The number of hydrogen-bond donors (Lipinski definition) is 1. The van der Waals surface area contributed by atoms with Crippen molar-refractivity contribution in [2.75, 3.05) is 32.8 Å². The van der Waals surface area contributed by atoms with Crippen molar-refractivity contribution >= 4 is 0 Å². The first-order chi connectivity index (χ1) is 7.74. The minimum absolute atomic E-state index is 0. The molecule has 2 nitrogen and oxygen atoms in total. The molecule has 0 fully saturated rings. The highest BCUT2D eigenvalue weighted by molar-refractivity contribution is 4.48. The van der Waals surface area contributed by atoms with Crippen LogP contribution in [0.3, 0.4) is 0 Å². The monoisotopic (exact) mass is 309 g/mol. The van der Waals surface area contributed by atoms with Crippen LogP contribution < -0.4 is 17.0 Å². The van der Waals surface area contributed by atoms with E-state index in [4.69, 9.17) is 0 Å². The lowest BCUT2D eigenvalue weighted by Gasteiger charge is -2.38. The van der Waals surface area contributed by atoms with Gasteiger partial charge in [0.05, 0.1) is 26.2 Å². The minimum Gasteiger partial charge on any atom is -1.00 e. The number of aliphatic hydroxyl groups is 1. The first-order valence-corrected chi connectivity index (χ1v) is 7.20. The molecule has 0 radical (unpaired) electrons. The number of quaternary nitrogens is 1. The Labute approximate surface area is 119 Å². The van der Waals surface area contributed by atoms with E-state index in [1.807, 2.05) is 0 Å². The third-order valence-electron chi connectivity index (χ3n) is 3.53. The first-order valence-electron chi connectivity index (χ1n) is 7.20.